The summed E-state index contributed by atoms with van der Waals surface area (Å²) in [5, 5.41) is 8.73. The number of ether oxygens (including phenoxy) is 1. The van der Waals surface area contributed by atoms with Gasteiger partial charge in [-0.05, 0) is 69.6 Å². The fourth-order valence-electron chi connectivity index (χ4n) is 2.70. The van der Waals surface area contributed by atoms with E-state index in [1.165, 1.54) is 16.7 Å². The molecule has 3 nitrogen and oxygen atoms in total. The molecule has 29 heavy (non-hydrogen) atoms. The molecular weight excluding hydrogens is 563 g/mol. The topological polar surface area (TPSA) is 46.5 Å². The first-order valence-electron chi connectivity index (χ1n) is 8.81. The minimum atomic E-state index is -0.982. The van der Waals surface area contributed by atoms with Crippen molar-refractivity contribution in [1.29, 1.82) is 0 Å². The summed E-state index contributed by atoms with van der Waals surface area (Å²) in [6.45, 7) is -0.334. The van der Waals surface area contributed by atoms with Crippen molar-refractivity contribution in [2.45, 2.75) is 4.90 Å². The lowest BCUT2D eigenvalue weighted by molar-refractivity contribution is -0.139. The molecule has 0 aromatic heterocycles. The van der Waals surface area contributed by atoms with Crippen molar-refractivity contribution in [1.82, 2.24) is 0 Å². The summed E-state index contributed by atoms with van der Waals surface area (Å²) in [4.78, 5) is 11.8. The highest BCUT2D eigenvalue weighted by Gasteiger charge is 2.07. The Bertz CT molecular complexity index is 1000. The molecule has 0 fully saturated rings. The van der Waals surface area contributed by atoms with Gasteiger partial charge in [0.15, 0.2) is 6.61 Å². The van der Waals surface area contributed by atoms with Crippen LogP contribution < -0.4 is 4.74 Å². The SMILES string of the molecule is O=C(O)COc1ccc(SCC=C(c2ccccc2)c2ccc(Br)cc2)c(I)c1. The van der Waals surface area contributed by atoms with Gasteiger partial charge in [0, 0.05) is 18.7 Å². The molecule has 0 heterocycles. The van der Waals surface area contributed by atoms with E-state index >= 15 is 0 Å². The third-order valence-corrected chi connectivity index (χ3v) is 6.82. The Labute approximate surface area is 196 Å². The van der Waals surface area contributed by atoms with E-state index < -0.39 is 5.97 Å². The standard InChI is InChI=1S/C23H18BrIO3S/c24-18-8-6-17(7-9-18)20(16-4-2-1-3-5-16)12-13-29-22-11-10-19(14-21(22)25)28-15-23(26)27/h1-12,14H,13,15H2,(H,26,27). The summed E-state index contributed by atoms with van der Waals surface area (Å²) in [5.74, 6) is 0.396. The fourth-order valence-corrected chi connectivity index (χ4v) is 4.71. The second-order valence-electron chi connectivity index (χ2n) is 6.08. The van der Waals surface area contributed by atoms with Gasteiger partial charge >= 0.3 is 5.97 Å². The molecule has 0 amide bonds. The number of rotatable bonds is 8. The number of carbonyl (C=O) groups is 1. The van der Waals surface area contributed by atoms with Crippen molar-refractivity contribution in [2.24, 2.45) is 0 Å². The number of thioether (sulfide) groups is 1. The lowest BCUT2D eigenvalue weighted by atomic mass is 9.98. The van der Waals surface area contributed by atoms with Crippen molar-refractivity contribution in [3.8, 4) is 5.75 Å². The lowest BCUT2D eigenvalue weighted by Crippen LogP contribution is -2.09. The van der Waals surface area contributed by atoms with E-state index in [0.29, 0.717) is 5.75 Å². The molecule has 0 aliphatic rings. The van der Waals surface area contributed by atoms with E-state index in [-0.39, 0.29) is 6.61 Å². The lowest BCUT2D eigenvalue weighted by Gasteiger charge is -2.10. The van der Waals surface area contributed by atoms with Gasteiger partial charge in [-0.1, -0.05) is 64.5 Å². The van der Waals surface area contributed by atoms with Crippen LogP contribution in [0.15, 0.2) is 88.2 Å². The highest BCUT2D eigenvalue weighted by molar-refractivity contribution is 14.1. The molecule has 6 heteroatoms. The second-order valence-corrected chi connectivity index (χ2v) is 9.22. The zero-order chi connectivity index (χ0) is 20.6. The maximum Gasteiger partial charge on any atom is 0.341 e. The monoisotopic (exact) mass is 580 g/mol. The van der Waals surface area contributed by atoms with Crippen LogP contribution in [0.3, 0.4) is 0 Å². The van der Waals surface area contributed by atoms with E-state index in [1.807, 2.05) is 36.4 Å². The summed E-state index contributed by atoms with van der Waals surface area (Å²) in [6, 6.07) is 24.4. The predicted octanol–water partition coefficient (Wildman–Crippen LogP) is 6.74. The third-order valence-electron chi connectivity index (χ3n) is 4.03. The Morgan fingerprint density at radius 1 is 1.03 bits per heavy atom. The first kappa shape index (κ1) is 21.9. The van der Waals surface area contributed by atoms with Crippen LogP contribution in [0.2, 0.25) is 0 Å². The van der Waals surface area contributed by atoms with Crippen LogP contribution in [0, 0.1) is 3.57 Å². The first-order chi connectivity index (χ1) is 14.0. The number of carboxylic acid groups (broad SMARTS) is 1. The van der Waals surface area contributed by atoms with Crippen LogP contribution >= 0.6 is 50.3 Å². The average molecular weight is 581 g/mol. The molecular formula is C23H18BrIO3S. The zero-order valence-corrected chi connectivity index (χ0v) is 19.9. The van der Waals surface area contributed by atoms with Crippen molar-refractivity contribution < 1.29 is 14.6 Å². The molecule has 0 bridgehead atoms. The summed E-state index contributed by atoms with van der Waals surface area (Å²) in [6.07, 6.45) is 2.24. The summed E-state index contributed by atoms with van der Waals surface area (Å²) < 4.78 is 7.34. The van der Waals surface area contributed by atoms with Crippen LogP contribution in [0.25, 0.3) is 5.57 Å². The smallest absolute Gasteiger partial charge is 0.341 e. The summed E-state index contributed by atoms with van der Waals surface area (Å²) in [7, 11) is 0. The molecule has 3 aromatic carbocycles. The van der Waals surface area contributed by atoms with Gasteiger partial charge in [-0.25, -0.2) is 4.79 Å². The van der Waals surface area contributed by atoms with E-state index in [1.54, 1.807) is 11.8 Å². The van der Waals surface area contributed by atoms with Crippen molar-refractivity contribution in [3.63, 3.8) is 0 Å². The third kappa shape index (κ3) is 6.62. The molecule has 0 atom stereocenters. The number of carboxylic acids is 1. The molecule has 0 aliphatic carbocycles. The highest BCUT2D eigenvalue weighted by atomic mass is 127. The number of benzene rings is 3. The van der Waals surface area contributed by atoms with Gasteiger partial charge in [0.05, 0.1) is 0 Å². The van der Waals surface area contributed by atoms with Gasteiger partial charge in [0.1, 0.15) is 5.75 Å². The Hall–Kier alpha value is -1.77. The predicted molar refractivity (Wildman–Crippen MR) is 131 cm³/mol. The minimum absolute atomic E-state index is 0.334. The average Bonchev–Trinajstić information content (AvgIpc) is 2.72. The Morgan fingerprint density at radius 2 is 1.72 bits per heavy atom. The molecule has 148 valence electrons. The second kappa shape index (κ2) is 10.8. The van der Waals surface area contributed by atoms with Crippen LogP contribution in [-0.4, -0.2) is 23.4 Å². The quantitative estimate of drug-likeness (QED) is 0.237. The van der Waals surface area contributed by atoms with E-state index in [2.05, 4.69) is 81.0 Å². The highest BCUT2D eigenvalue weighted by Crippen LogP contribution is 2.30. The number of hydrogen-bond donors (Lipinski definition) is 1. The molecule has 0 saturated heterocycles. The van der Waals surface area contributed by atoms with Crippen LogP contribution in [0.1, 0.15) is 11.1 Å². The van der Waals surface area contributed by atoms with E-state index in [0.717, 1.165) is 18.7 Å². The van der Waals surface area contributed by atoms with Crippen LogP contribution in [0.5, 0.6) is 5.75 Å². The molecule has 1 N–H and O–H groups in total. The van der Waals surface area contributed by atoms with Gasteiger partial charge in [0.2, 0.25) is 0 Å². The number of aliphatic carboxylic acids is 1. The molecule has 0 unspecified atom stereocenters. The van der Waals surface area contributed by atoms with Gasteiger partial charge in [-0.2, -0.15) is 0 Å². The molecule has 0 saturated carbocycles. The molecule has 3 aromatic rings. The largest absolute Gasteiger partial charge is 0.482 e. The number of halogens is 2. The van der Waals surface area contributed by atoms with Crippen molar-refractivity contribution in [3.05, 3.63) is 98.0 Å². The molecule has 3 rings (SSSR count). The molecule has 0 radical (unpaired) electrons. The summed E-state index contributed by atoms with van der Waals surface area (Å²) >= 11 is 7.49. The van der Waals surface area contributed by atoms with Gasteiger partial charge in [0.25, 0.3) is 0 Å². The van der Waals surface area contributed by atoms with Crippen LogP contribution in [0.4, 0.5) is 0 Å². The van der Waals surface area contributed by atoms with E-state index in [4.69, 9.17) is 9.84 Å². The fraction of sp³-hybridized carbons (Fsp3) is 0.0870. The number of hydrogen-bond acceptors (Lipinski definition) is 3. The van der Waals surface area contributed by atoms with Gasteiger partial charge in [-0.3, -0.25) is 0 Å². The normalized spacial score (nSPS) is 11.3. The first-order valence-corrected chi connectivity index (χ1v) is 11.7. The Balaban J connectivity index is 1.76. The molecule has 0 aliphatic heterocycles. The van der Waals surface area contributed by atoms with Gasteiger partial charge in [-0.15, -0.1) is 11.8 Å². The summed E-state index contributed by atoms with van der Waals surface area (Å²) in [5.41, 5.74) is 3.55. The molecule has 0 spiro atoms. The minimum Gasteiger partial charge on any atom is -0.482 e. The zero-order valence-electron chi connectivity index (χ0n) is 15.3. The van der Waals surface area contributed by atoms with Crippen LogP contribution in [-0.2, 0) is 4.79 Å². The van der Waals surface area contributed by atoms with E-state index in [9.17, 15) is 4.79 Å². The van der Waals surface area contributed by atoms with Gasteiger partial charge < -0.3 is 9.84 Å². The maximum atomic E-state index is 10.6. The Kier molecular flexibility index (Phi) is 8.20. The van der Waals surface area contributed by atoms with Crippen molar-refractivity contribution >= 4 is 61.8 Å². The van der Waals surface area contributed by atoms with Crippen molar-refractivity contribution in [2.75, 3.05) is 12.4 Å². The Morgan fingerprint density at radius 3 is 2.38 bits per heavy atom. The maximum absolute atomic E-state index is 10.6.